The zero-order chi connectivity index (χ0) is 12.3. The van der Waals surface area contributed by atoms with E-state index < -0.39 is 0 Å². The summed E-state index contributed by atoms with van der Waals surface area (Å²) in [6.45, 7) is 1.62. The van der Waals surface area contributed by atoms with Crippen molar-refractivity contribution in [2.45, 2.75) is 37.8 Å². The van der Waals surface area contributed by atoms with Gasteiger partial charge in [-0.3, -0.25) is 4.79 Å². The van der Waals surface area contributed by atoms with E-state index in [1.54, 1.807) is 0 Å². The number of carbonyl (C=O) groups excluding carboxylic acids is 1. The van der Waals surface area contributed by atoms with Gasteiger partial charge < -0.3 is 20.9 Å². The molecule has 2 rings (SSSR count). The van der Waals surface area contributed by atoms with Crippen molar-refractivity contribution >= 4 is 5.91 Å². The second kappa shape index (κ2) is 5.80. The number of hydrogen-bond donors (Lipinski definition) is 3. The molecule has 17 heavy (non-hydrogen) atoms. The van der Waals surface area contributed by atoms with Crippen molar-refractivity contribution in [1.82, 2.24) is 5.32 Å². The molecule has 1 amide bonds. The molecule has 0 spiro atoms. The lowest BCUT2D eigenvalue weighted by Crippen LogP contribution is -2.42. The Balaban J connectivity index is 1.69. The van der Waals surface area contributed by atoms with Crippen LogP contribution in [-0.2, 0) is 9.53 Å². The van der Waals surface area contributed by atoms with Gasteiger partial charge in [-0.2, -0.15) is 0 Å². The molecule has 1 saturated heterocycles. The molecule has 0 radical (unpaired) electrons. The molecule has 1 aliphatic heterocycles. The third kappa shape index (κ3) is 3.40. The lowest BCUT2D eigenvalue weighted by atomic mass is 9.87. The van der Waals surface area contributed by atoms with Gasteiger partial charge in [-0.1, -0.05) is 0 Å². The first-order valence-electron chi connectivity index (χ1n) is 6.46. The van der Waals surface area contributed by atoms with Gasteiger partial charge in [-0.05, 0) is 31.6 Å². The molecule has 0 bridgehead atoms. The second-order valence-corrected chi connectivity index (χ2v) is 5.23. The van der Waals surface area contributed by atoms with Gasteiger partial charge in [0.1, 0.15) is 0 Å². The van der Waals surface area contributed by atoms with Crippen LogP contribution in [0.4, 0.5) is 0 Å². The first-order chi connectivity index (χ1) is 8.16. The molecule has 2 unspecified atom stereocenters. The Labute approximate surface area is 102 Å². The van der Waals surface area contributed by atoms with Crippen molar-refractivity contribution in [2.75, 3.05) is 19.8 Å². The van der Waals surface area contributed by atoms with Crippen LogP contribution in [0.1, 0.15) is 25.7 Å². The summed E-state index contributed by atoms with van der Waals surface area (Å²) in [5.74, 6) is 0.325. The Hall–Kier alpha value is -0.650. The van der Waals surface area contributed by atoms with Gasteiger partial charge in [0.2, 0.25) is 5.91 Å². The molecule has 1 saturated carbocycles. The monoisotopic (exact) mass is 242 g/mol. The average molecular weight is 242 g/mol. The van der Waals surface area contributed by atoms with E-state index in [1.165, 1.54) is 0 Å². The van der Waals surface area contributed by atoms with Crippen molar-refractivity contribution in [1.29, 1.82) is 0 Å². The number of aliphatic hydroxyl groups is 1. The van der Waals surface area contributed by atoms with E-state index in [4.69, 9.17) is 10.5 Å². The molecule has 0 aromatic heterocycles. The van der Waals surface area contributed by atoms with Gasteiger partial charge in [-0.15, -0.1) is 0 Å². The van der Waals surface area contributed by atoms with Crippen LogP contribution < -0.4 is 11.1 Å². The van der Waals surface area contributed by atoms with Crippen LogP contribution in [-0.4, -0.2) is 42.9 Å². The van der Waals surface area contributed by atoms with E-state index in [-0.39, 0.29) is 24.0 Å². The van der Waals surface area contributed by atoms with E-state index in [9.17, 15) is 9.90 Å². The highest BCUT2D eigenvalue weighted by atomic mass is 16.5. The molecule has 2 aliphatic rings. The molecule has 4 N–H and O–H groups in total. The lowest BCUT2D eigenvalue weighted by Gasteiger charge is -2.26. The number of ether oxygens (including phenoxy) is 1. The summed E-state index contributed by atoms with van der Waals surface area (Å²) < 4.78 is 5.18. The Kier molecular flexibility index (Phi) is 4.36. The average Bonchev–Trinajstić information content (AvgIpc) is 2.74. The van der Waals surface area contributed by atoms with Crippen LogP contribution in [0.25, 0.3) is 0 Å². The minimum Gasteiger partial charge on any atom is -0.393 e. The Morgan fingerprint density at radius 3 is 2.59 bits per heavy atom. The van der Waals surface area contributed by atoms with Gasteiger partial charge in [0, 0.05) is 12.6 Å². The van der Waals surface area contributed by atoms with E-state index in [1.807, 2.05) is 0 Å². The summed E-state index contributed by atoms with van der Waals surface area (Å²) in [7, 11) is 0. The van der Waals surface area contributed by atoms with Gasteiger partial charge in [0.15, 0.2) is 0 Å². The van der Waals surface area contributed by atoms with Crippen molar-refractivity contribution in [3.05, 3.63) is 0 Å². The number of carbonyl (C=O) groups is 1. The summed E-state index contributed by atoms with van der Waals surface area (Å²) >= 11 is 0. The van der Waals surface area contributed by atoms with Gasteiger partial charge in [0.05, 0.1) is 25.2 Å². The normalized spacial score (nSPS) is 38.0. The first kappa shape index (κ1) is 12.8. The Morgan fingerprint density at radius 2 is 2.00 bits per heavy atom. The topological polar surface area (TPSA) is 84.6 Å². The van der Waals surface area contributed by atoms with Crippen molar-refractivity contribution in [3.63, 3.8) is 0 Å². The fourth-order valence-corrected chi connectivity index (χ4v) is 2.57. The number of nitrogens with one attached hydrogen (secondary N) is 1. The maximum atomic E-state index is 11.8. The maximum Gasteiger partial charge on any atom is 0.227 e. The molecule has 2 atom stereocenters. The minimum atomic E-state index is -0.191. The summed E-state index contributed by atoms with van der Waals surface area (Å²) in [4.78, 5) is 11.8. The molecule has 2 fully saturated rings. The zero-order valence-corrected chi connectivity index (χ0v) is 10.1. The van der Waals surface area contributed by atoms with Crippen molar-refractivity contribution < 1.29 is 14.6 Å². The quantitative estimate of drug-likeness (QED) is 0.630. The van der Waals surface area contributed by atoms with Crippen molar-refractivity contribution in [2.24, 2.45) is 17.6 Å². The molecule has 98 valence electrons. The predicted octanol–water partition coefficient (Wildman–Crippen LogP) is -0.373. The number of aliphatic hydroxyl groups excluding tert-OH is 1. The number of hydrogen-bond acceptors (Lipinski definition) is 4. The fourth-order valence-electron chi connectivity index (χ4n) is 2.57. The maximum absolute atomic E-state index is 11.8. The fraction of sp³-hybridized carbons (Fsp3) is 0.917. The Bertz CT molecular complexity index is 264. The van der Waals surface area contributed by atoms with Crippen LogP contribution in [0.3, 0.4) is 0 Å². The number of rotatable bonds is 3. The number of amides is 1. The summed E-state index contributed by atoms with van der Waals surface area (Å²) in [5, 5.41) is 12.4. The standard InChI is InChI=1S/C12H22N2O3/c13-11-7-17-6-10(11)12(16)14-5-8-1-3-9(15)4-2-8/h8-11,15H,1-7,13H2,(H,14,16). The first-order valence-corrected chi connectivity index (χ1v) is 6.46. The van der Waals surface area contributed by atoms with Crippen LogP contribution in [0.15, 0.2) is 0 Å². The highest BCUT2D eigenvalue weighted by Gasteiger charge is 2.31. The molecular weight excluding hydrogens is 220 g/mol. The summed E-state index contributed by atoms with van der Waals surface area (Å²) in [6, 6.07) is -0.164. The second-order valence-electron chi connectivity index (χ2n) is 5.23. The molecule has 1 aliphatic carbocycles. The van der Waals surface area contributed by atoms with E-state index in [0.29, 0.717) is 25.7 Å². The third-order valence-corrected chi connectivity index (χ3v) is 3.84. The molecule has 5 nitrogen and oxygen atoms in total. The minimum absolute atomic E-state index is 0.0149. The predicted molar refractivity (Wildman–Crippen MR) is 63.3 cm³/mol. The van der Waals surface area contributed by atoms with E-state index >= 15 is 0 Å². The van der Waals surface area contributed by atoms with Crippen LogP contribution >= 0.6 is 0 Å². The van der Waals surface area contributed by atoms with Gasteiger partial charge in [-0.25, -0.2) is 0 Å². The lowest BCUT2D eigenvalue weighted by molar-refractivity contribution is -0.125. The molecule has 0 aromatic carbocycles. The molecule has 5 heteroatoms. The smallest absolute Gasteiger partial charge is 0.227 e. The molecule has 1 heterocycles. The SMILES string of the molecule is NC1COCC1C(=O)NCC1CCC(O)CC1. The Morgan fingerprint density at radius 1 is 1.29 bits per heavy atom. The van der Waals surface area contributed by atoms with Crippen LogP contribution in [0.5, 0.6) is 0 Å². The van der Waals surface area contributed by atoms with Crippen molar-refractivity contribution in [3.8, 4) is 0 Å². The van der Waals surface area contributed by atoms with Gasteiger partial charge >= 0.3 is 0 Å². The summed E-state index contributed by atoms with van der Waals surface area (Å²) in [6.07, 6.45) is 3.56. The zero-order valence-electron chi connectivity index (χ0n) is 10.1. The van der Waals surface area contributed by atoms with Crippen LogP contribution in [0.2, 0.25) is 0 Å². The number of nitrogens with two attached hydrogens (primary N) is 1. The molecule has 0 aromatic rings. The molecular formula is C12H22N2O3. The van der Waals surface area contributed by atoms with E-state index in [0.717, 1.165) is 25.7 Å². The van der Waals surface area contributed by atoms with E-state index in [2.05, 4.69) is 5.32 Å². The highest BCUT2D eigenvalue weighted by molar-refractivity contribution is 5.79. The highest BCUT2D eigenvalue weighted by Crippen LogP contribution is 2.23. The van der Waals surface area contributed by atoms with Crippen LogP contribution in [0, 0.1) is 11.8 Å². The largest absolute Gasteiger partial charge is 0.393 e. The third-order valence-electron chi connectivity index (χ3n) is 3.84. The summed E-state index contributed by atoms with van der Waals surface area (Å²) in [5.41, 5.74) is 5.79. The van der Waals surface area contributed by atoms with Gasteiger partial charge in [0.25, 0.3) is 0 Å².